The number of rotatable bonds is 6. The molecule has 0 fully saturated rings. The third-order valence-corrected chi connectivity index (χ3v) is 3.07. The van der Waals surface area contributed by atoms with Gasteiger partial charge in [0.15, 0.2) is 6.10 Å². The molecule has 3 heteroatoms. The van der Waals surface area contributed by atoms with E-state index in [0.717, 1.165) is 16.7 Å². The molecule has 0 spiro atoms. The molecule has 3 nitrogen and oxygen atoms in total. The molecule has 2 aromatic rings. The van der Waals surface area contributed by atoms with Crippen molar-refractivity contribution in [3.63, 3.8) is 0 Å². The summed E-state index contributed by atoms with van der Waals surface area (Å²) in [6.07, 6.45) is -0.443. The van der Waals surface area contributed by atoms with E-state index < -0.39 is 12.1 Å². The van der Waals surface area contributed by atoms with E-state index in [1.807, 2.05) is 61.5 Å². The van der Waals surface area contributed by atoms with E-state index in [-0.39, 0.29) is 0 Å². The second-order valence-electron chi connectivity index (χ2n) is 4.82. The van der Waals surface area contributed by atoms with Gasteiger partial charge in [0, 0.05) is 6.42 Å². The molecule has 0 aliphatic rings. The zero-order valence-electron chi connectivity index (χ0n) is 11.5. The van der Waals surface area contributed by atoms with Crippen molar-refractivity contribution in [3.05, 3.63) is 71.3 Å². The third-order valence-electron chi connectivity index (χ3n) is 3.07. The van der Waals surface area contributed by atoms with E-state index in [0.29, 0.717) is 13.0 Å². The molecular weight excluding hydrogens is 252 g/mol. The molecule has 0 aliphatic heterocycles. The van der Waals surface area contributed by atoms with Crippen LogP contribution in [-0.2, 0) is 22.6 Å². The molecule has 1 atom stereocenters. The van der Waals surface area contributed by atoms with E-state index in [1.54, 1.807) is 0 Å². The predicted octanol–water partition coefficient (Wildman–Crippen LogP) is 3.21. The van der Waals surface area contributed by atoms with Crippen LogP contribution in [0.2, 0.25) is 0 Å². The third kappa shape index (κ3) is 4.21. The molecule has 0 radical (unpaired) electrons. The lowest BCUT2D eigenvalue weighted by Crippen LogP contribution is -2.26. The molecule has 0 amide bonds. The van der Waals surface area contributed by atoms with Crippen molar-refractivity contribution >= 4 is 5.97 Å². The second-order valence-corrected chi connectivity index (χ2v) is 4.82. The smallest absolute Gasteiger partial charge is 0.333 e. The summed E-state index contributed by atoms with van der Waals surface area (Å²) >= 11 is 0. The number of carbonyl (C=O) groups is 1. The average Bonchev–Trinajstić information content (AvgIpc) is 2.44. The lowest BCUT2D eigenvalue weighted by Gasteiger charge is -2.14. The summed E-state index contributed by atoms with van der Waals surface area (Å²) in [6.45, 7) is 2.30. The van der Waals surface area contributed by atoms with Gasteiger partial charge >= 0.3 is 5.97 Å². The number of ether oxygens (including phenoxy) is 1. The molecule has 104 valence electrons. The largest absolute Gasteiger partial charge is 0.479 e. The van der Waals surface area contributed by atoms with Gasteiger partial charge in [-0.3, -0.25) is 0 Å². The maximum Gasteiger partial charge on any atom is 0.333 e. The van der Waals surface area contributed by atoms with Crippen LogP contribution in [0, 0.1) is 6.92 Å². The number of hydrogen-bond donors (Lipinski definition) is 1. The van der Waals surface area contributed by atoms with Crippen molar-refractivity contribution in [2.45, 2.75) is 26.1 Å². The predicted molar refractivity (Wildman–Crippen MR) is 77.5 cm³/mol. The summed E-state index contributed by atoms with van der Waals surface area (Å²) in [5, 5.41) is 9.26. The van der Waals surface area contributed by atoms with E-state index >= 15 is 0 Å². The lowest BCUT2D eigenvalue weighted by molar-refractivity contribution is -0.151. The Morgan fingerprint density at radius 3 is 2.45 bits per heavy atom. The molecule has 0 unspecified atom stereocenters. The van der Waals surface area contributed by atoms with Crippen molar-refractivity contribution in [2.24, 2.45) is 0 Å². The van der Waals surface area contributed by atoms with Gasteiger partial charge in [-0.1, -0.05) is 60.2 Å². The highest BCUT2D eigenvalue weighted by Crippen LogP contribution is 2.11. The van der Waals surface area contributed by atoms with Gasteiger partial charge in [0.25, 0.3) is 0 Å². The molecule has 2 aromatic carbocycles. The Hall–Kier alpha value is -2.13. The van der Waals surface area contributed by atoms with Crippen LogP contribution in [0.5, 0.6) is 0 Å². The summed E-state index contributed by atoms with van der Waals surface area (Å²) in [4.78, 5) is 11.3. The molecule has 0 heterocycles. The highest BCUT2D eigenvalue weighted by atomic mass is 16.5. The van der Waals surface area contributed by atoms with Gasteiger partial charge in [0.1, 0.15) is 0 Å². The number of benzene rings is 2. The van der Waals surface area contributed by atoms with E-state index in [4.69, 9.17) is 4.74 Å². The van der Waals surface area contributed by atoms with Crippen molar-refractivity contribution in [1.29, 1.82) is 0 Å². The number of aryl methyl sites for hydroxylation is 1. The topological polar surface area (TPSA) is 46.5 Å². The minimum atomic E-state index is -0.928. The average molecular weight is 270 g/mol. The number of carboxylic acids is 1. The van der Waals surface area contributed by atoms with Gasteiger partial charge in [-0.25, -0.2) is 4.79 Å². The van der Waals surface area contributed by atoms with Crippen LogP contribution in [0.1, 0.15) is 16.7 Å². The monoisotopic (exact) mass is 270 g/mol. The molecular formula is C17H18O3. The molecule has 0 saturated carbocycles. The van der Waals surface area contributed by atoms with E-state index in [9.17, 15) is 9.90 Å². The maximum absolute atomic E-state index is 11.3. The number of carboxylic acid groups (broad SMARTS) is 1. The zero-order valence-corrected chi connectivity index (χ0v) is 11.5. The fourth-order valence-electron chi connectivity index (χ4n) is 2.04. The van der Waals surface area contributed by atoms with Crippen LogP contribution in [0.4, 0.5) is 0 Å². The van der Waals surface area contributed by atoms with Crippen molar-refractivity contribution < 1.29 is 14.6 Å². The first-order chi connectivity index (χ1) is 9.65. The Morgan fingerprint density at radius 2 is 1.80 bits per heavy atom. The van der Waals surface area contributed by atoms with Gasteiger partial charge in [-0.15, -0.1) is 0 Å². The van der Waals surface area contributed by atoms with Crippen LogP contribution in [-0.4, -0.2) is 17.2 Å². The van der Waals surface area contributed by atoms with Gasteiger partial charge in [0.05, 0.1) is 6.61 Å². The van der Waals surface area contributed by atoms with Gasteiger partial charge < -0.3 is 9.84 Å². The first-order valence-corrected chi connectivity index (χ1v) is 6.59. The van der Waals surface area contributed by atoms with Crippen LogP contribution < -0.4 is 0 Å². The minimum absolute atomic E-state index is 0.309. The Labute approximate surface area is 118 Å². The fraction of sp³-hybridized carbons (Fsp3) is 0.235. The Morgan fingerprint density at radius 1 is 1.10 bits per heavy atom. The molecule has 0 bridgehead atoms. The van der Waals surface area contributed by atoms with Crippen molar-refractivity contribution in [1.82, 2.24) is 0 Å². The summed E-state index contributed by atoms with van der Waals surface area (Å²) in [6, 6.07) is 17.4. The van der Waals surface area contributed by atoms with Gasteiger partial charge in [0.2, 0.25) is 0 Å². The first kappa shape index (κ1) is 14.3. The normalized spacial score (nSPS) is 12.1. The summed E-state index contributed by atoms with van der Waals surface area (Å²) < 4.78 is 5.53. The van der Waals surface area contributed by atoms with E-state index in [1.165, 1.54) is 0 Å². The van der Waals surface area contributed by atoms with Crippen LogP contribution >= 0.6 is 0 Å². The maximum atomic E-state index is 11.3. The van der Waals surface area contributed by atoms with Gasteiger partial charge in [-0.05, 0) is 18.1 Å². The highest BCUT2D eigenvalue weighted by molar-refractivity contribution is 5.72. The lowest BCUT2D eigenvalue weighted by atomic mass is 10.1. The van der Waals surface area contributed by atoms with Crippen LogP contribution in [0.3, 0.4) is 0 Å². The Kier molecular flexibility index (Phi) is 4.91. The minimum Gasteiger partial charge on any atom is -0.479 e. The zero-order chi connectivity index (χ0) is 14.4. The quantitative estimate of drug-likeness (QED) is 0.876. The fourth-order valence-corrected chi connectivity index (χ4v) is 2.04. The SMILES string of the molecule is Cc1cccc(C[C@@H](OCc2ccccc2)C(=O)O)c1. The summed E-state index contributed by atoms with van der Waals surface area (Å²) in [5.74, 6) is -0.928. The first-order valence-electron chi connectivity index (χ1n) is 6.59. The standard InChI is InChI=1S/C17H18O3/c1-13-6-5-9-15(10-13)11-16(17(18)19)20-12-14-7-3-2-4-8-14/h2-10,16H,11-12H2,1H3,(H,18,19)/t16-/m1/s1. The Balaban J connectivity index is 1.99. The number of aliphatic carboxylic acids is 1. The van der Waals surface area contributed by atoms with Crippen molar-refractivity contribution in [2.75, 3.05) is 0 Å². The molecule has 1 N–H and O–H groups in total. The molecule has 2 rings (SSSR count). The summed E-state index contributed by atoms with van der Waals surface area (Å²) in [5.41, 5.74) is 3.07. The van der Waals surface area contributed by atoms with Crippen LogP contribution in [0.25, 0.3) is 0 Å². The van der Waals surface area contributed by atoms with Crippen LogP contribution in [0.15, 0.2) is 54.6 Å². The highest BCUT2D eigenvalue weighted by Gasteiger charge is 2.18. The van der Waals surface area contributed by atoms with Gasteiger partial charge in [-0.2, -0.15) is 0 Å². The molecule has 20 heavy (non-hydrogen) atoms. The van der Waals surface area contributed by atoms with Crippen molar-refractivity contribution in [3.8, 4) is 0 Å². The molecule has 0 aliphatic carbocycles. The number of hydrogen-bond acceptors (Lipinski definition) is 2. The van der Waals surface area contributed by atoms with E-state index in [2.05, 4.69) is 0 Å². The second kappa shape index (κ2) is 6.87. The molecule has 0 saturated heterocycles. The molecule has 0 aromatic heterocycles. The summed E-state index contributed by atoms with van der Waals surface area (Å²) in [7, 11) is 0. The Bertz CT molecular complexity index is 563.